The molecule has 1 saturated heterocycles. The van der Waals surface area contributed by atoms with Crippen LogP contribution in [0.5, 0.6) is 0 Å². The maximum atomic E-state index is 12.5. The standard InChI is InChI=1S/C12H15ClN4O2S/c1-10-8-11(9-15-12(10)13)20(18,19)17-6-4-16(3-2-14)5-7-17/h8-9H,3-7H2,1H3. The Morgan fingerprint density at radius 2 is 2.05 bits per heavy atom. The Hall–Kier alpha value is -1.20. The maximum absolute atomic E-state index is 12.5. The van der Waals surface area contributed by atoms with Crippen LogP contribution in [0.3, 0.4) is 0 Å². The zero-order chi connectivity index (χ0) is 14.8. The van der Waals surface area contributed by atoms with Crippen LogP contribution in [0.1, 0.15) is 5.56 Å². The van der Waals surface area contributed by atoms with Crippen molar-refractivity contribution in [1.82, 2.24) is 14.2 Å². The van der Waals surface area contributed by atoms with Crippen molar-refractivity contribution in [2.45, 2.75) is 11.8 Å². The highest BCUT2D eigenvalue weighted by atomic mass is 35.5. The Balaban J connectivity index is 2.16. The molecule has 0 aromatic carbocycles. The first-order valence-electron chi connectivity index (χ1n) is 6.17. The van der Waals surface area contributed by atoms with Gasteiger partial charge in [0.1, 0.15) is 10.0 Å². The number of hydrogen-bond donors (Lipinski definition) is 0. The van der Waals surface area contributed by atoms with Gasteiger partial charge in [-0.05, 0) is 18.6 Å². The molecule has 20 heavy (non-hydrogen) atoms. The Labute approximate surface area is 123 Å². The van der Waals surface area contributed by atoms with E-state index in [1.807, 2.05) is 4.90 Å². The minimum Gasteiger partial charge on any atom is -0.288 e. The fourth-order valence-corrected chi connectivity index (χ4v) is 3.61. The fraction of sp³-hybridized carbons (Fsp3) is 0.500. The van der Waals surface area contributed by atoms with Crippen LogP contribution < -0.4 is 0 Å². The van der Waals surface area contributed by atoms with Crippen molar-refractivity contribution in [2.75, 3.05) is 32.7 Å². The average molecular weight is 315 g/mol. The molecular formula is C12H15ClN4O2S. The van der Waals surface area contributed by atoms with Gasteiger partial charge in [0, 0.05) is 32.4 Å². The van der Waals surface area contributed by atoms with Crippen LogP contribution in [0.25, 0.3) is 0 Å². The third kappa shape index (κ3) is 3.10. The van der Waals surface area contributed by atoms with Crippen molar-refractivity contribution < 1.29 is 8.42 Å². The van der Waals surface area contributed by atoms with Gasteiger partial charge < -0.3 is 0 Å². The number of hydrogen-bond acceptors (Lipinski definition) is 5. The number of rotatable bonds is 3. The zero-order valence-corrected chi connectivity index (χ0v) is 12.7. The minimum absolute atomic E-state index is 0.160. The Morgan fingerprint density at radius 1 is 1.40 bits per heavy atom. The Bertz CT molecular complexity index is 633. The molecule has 1 aliphatic rings. The monoisotopic (exact) mass is 314 g/mol. The van der Waals surface area contributed by atoms with Crippen LogP contribution in [-0.2, 0) is 10.0 Å². The van der Waals surface area contributed by atoms with Crippen molar-refractivity contribution in [2.24, 2.45) is 0 Å². The van der Waals surface area contributed by atoms with Gasteiger partial charge in [0.05, 0.1) is 12.6 Å². The molecule has 0 aliphatic carbocycles. The Kier molecular flexibility index (Phi) is 4.60. The zero-order valence-electron chi connectivity index (χ0n) is 11.1. The van der Waals surface area contributed by atoms with Crippen LogP contribution in [0.15, 0.2) is 17.2 Å². The molecule has 0 unspecified atom stereocenters. The first kappa shape index (κ1) is 15.2. The summed E-state index contributed by atoms with van der Waals surface area (Å²) in [7, 11) is -3.54. The van der Waals surface area contributed by atoms with E-state index in [1.54, 1.807) is 6.92 Å². The van der Waals surface area contributed by atoms with Crippen molar-refractivity contribution >= 4 is 21.6 Å². The smallest absolute Gasteiger partial charge is 0.244 e. The van der Waals surface area contributed by atoms with Crippen LogP contribution in [0.4, 0.5) is 0 Å². The second-order valence-corrected chi connectivity index (χ2v) is 6.91. The van der Waals surface area contributed by atoms with Crippen molar-refractivity contribution in [3.63, 3.8) is 0 Å². The lowest BCUT2D eigenvalue weighted by atomic mass is 10.3. The first-order chi connectivity index (χ1) is 9.45. The molecule has 0 amide bonds. The van der Waals surface area contributed by atoms with E-state index in [2.05, 4.69) is 11.1 Å². The van der Waals surface area contributed by atoms with E-state index >= 15 is 0 Å². The number of halogens is 1. The summed E-state index contributed by atoms with van der Waals surface area (Å²) in [5, 5.41) is 8.94. The molecule has 1 aromatic heterocycles. The van der Waals surface area contributed by atoms with E-state index < -0.39 is 10.0 Å². The van der Waals surface area contributed by atoms with Crippen LogP contribution >= 0.6 is 11.6 Å². The molecular weight excluding hydrogens is 300 g/mol. The summed E-state index contributed by atoms with van der Waals surface area (Å²) in [6.45, 7) is 3.94. The number of nitriles is 1. The molecule has 0 saturated carbocycles. The van der Waals surface area contributed by atoms with Gasteiger partial charge >= 0.3 is 0 Å². The molecule has 2 heterocycles. The molecule has 0 atom stereocenters. The summed E-state index contributed by atoms with van der Waals surface area (Å²) in [5.74, 6) is 0. The van der Waals surface area contributed by atoms with Crippen molar-refractivity contribution in [1.29, 1.82) is 5.26 Å². The highest BCUT2D eigenvalue weighted by molar-refractivity contribution is 7.89. The third-order valence-electron chi connectivity index (χ3n) is 3.25. The first-order valence-corrected chi connectivity index (χ1v) is 7.98. The van der Waals surface area contributed by atoms with E-state index in [-0.39, 0.29) is 4.90 Å². The van der Waals surface area contributed by atoms with Gasteiger partial charge in [0.2, 0.25) is 10.0 Å². The lowest BCUT2D eigenvalue weighted by Gasteiger charge is -2.32. The summed E-state index contributed by atoms with van der Waals surface area (Å²) in [6.07, 6.45) is 1.28. The van der Waals surface area contributed by atoms with Gasteiger partial charge in [-0.3, -0.25) is 4.90 Å². The van der Waals surface area contributed by atoms with Gasteiger partial charge in [-0.2, -0.15) is 9.57 Å². The molecule has 0 N–H and O–H groups in total. The number of aromatic nitrogens is 1. The molecule has 6 nitrogen and oxygen atoms in total. The molecule has 0 radical (unpaired) electrons. The second kappa shape index (κ2) is 6.06. The van der Waals surface area contributed by atoms with Crippen molar-refractivity contribution in [3.05, 3.63) is 23.0 Å². The normalized spacial score (nSPS) is 17.9. The number of pyridine rings is 1. The molecule has 2 rings (SSSR count). The van der Waals surface area contributed by atoms with E-state index in [1.165, 1.54) is 16.6 Å². The fourth-order valence-electron chi connectivity index (χ4n) is 2.05. The van der Waals surface area contributed by atoms with E-state index in [0.29, 0.717) is 43.4 Å². The molecule has 1 fully saturated rings. The highest BCUT2D eigenvalue weighted by Crippen LogP contribution is 2.20. The molecule has 1 aromatic rings. The lowest BCUT2D eigenvalue weighted by Crippen LogP contribution is -2.48. The largest absolute Gasteiger partial charge is 0.288 e. The molecule has 0 bridgehead atoms. The summed E-state index contributed by atoms with van der Waals surface area (Å²) in [4.78, 5) is 5.98. The van der Waals surface area contributed by atoms with Gasteiger partial charge in [0.15, 0.2) is 0 Å². The van der Waals surface area contributed by atoms with Gasteiger partial charge in [-0.1, -0.05) is 11.6 Å². The number of piperazine rings is 1. The molecule has 0 spiro atoms. The molecule has 1 aliphatic heterocycles. The quantitative estimate of drug-likeness (QED) is 0.611. The number of sulfonamides is 1. The SMILES string of the molecule is Cc1cc(S(=O)(=O)N2CCN(CC#N)CC2)cnc1Cl. The highest BCUT2D eigenvalue weighted by Gasteiger charge is 2.28. The lowest BCUT2D eigenvalue weighted by molar-refractivity contribution is 0.206. The molecule has 108 valence electrons. The summed E-state index contributed by atoms with van der Waals surface area (Å²) in [6, 6.07) is 3.60. The van der Waals surface area contributed by atoms with Crippen LogP contribution in [0.2, 0.25) is 5.15 Å². The minimum atomic E-state index is -3.54. The Morgan fingerprint density at radius 3 is 2.60 bits per heavy atom. The topological polar surface area (TPSA) is 77.3 Å². The third-order valence-corrected chi connectivity index (χ3v) is 5.51. The van der Waals surface area contributed by atoms with Crippen LogP contribution in [0, 0.1) is 18.3 Å². The number of nitrogens with zero attached hydrogens (tertiary/aromatic N) is 4. The van der Waals surface area contributed by atoms with E-state index in [0.717, 1.165) is 0 Å². The summed E-state index contributed by atoms with van der Waals surface area (Å²) in [5.41, 5.74) is 0.635. The van der Waals surface area contributed by atoms with E-state index in [9.17, 15) is 8.42 Å². The van der Waals surface area contributed by atoms with Gasteiger partial charge in [0.25, 0.3) is 0 Å². The van der Waals surface area contributed by atoms with Crippen LogP contribution in [-0.4, -0.2) is 55.3 Å². The summed E-state index contributed by atoms with van der Waals surface area (Å²) >= 11 is 5.81. The van der Waals surface area contributed by atoms with Gasteiger partial charge in [-0.15, -0.1) is 0 Å². The molecule has 8 heteroatoms. The predicted molar refractivity (Wildman–Crippen MR) is 74.8 cm³/mol. The predicted octanol–water partition coefficient (Wildman–Crippen LogP) is 0.873. The van der Waals surface area contributed by atoms with E-state index in [4.69, 9.17) is 16.9 Å². The summed E-state index contributed by atoms with van der Waals surface area (Å²) < 4.78 is 26.4. The number of aryl methyl sites for hydroxylation is 1. The van der Waals surface area contributed by atoms with Crippen molar-refractivity contribution in [3.8, 4) is 6.07 Å². The average Bonchev–Trinajstić information content (AvgIpc) is 2.43. The second-order valence-electron chi connectivity index (χ2n) is 4.62. The maximum Gasteiger partial charge on any atom is 0.244 e. The van der Waals surface area contributed by atoms with Gasteiger partial charge in [-0.25, -0.2) is 13.4 Å².